The fourth-order valence-corrected chi connectivity index (χ4v) is 2.06. The van der Waals surface area contributed by atoms with Crippen molar-refractivity contribution in [3.05, 3.63) is 29.8 Å². The van der Waals surface area contributed by atoms with Crippen molar-refractivity contribution in [3.8, 4) is 0 Å². The lowest BCUT2D eigenvalue weighted by Crippen LogP contribution is -2.32. The van der Waals surface area contributed by atoms with Crippen LogP contribution in [0.1, 0.15) is 30.1 Å². The van der Waals surface area contributed by atoms with Gasteiger partial charge in [0.25, 0.3) is 5.91 Å². The largest absolute Gasteiger partial charge is 0.339 e. The van der Waals surface area contributed by atoms with Crippen LogP contribution in [-0.4, -0.2) is 35.8 Å². The Hall–Kier alpha value is -1.59. The molecule has 1 aliphatic heterocycles. The van der Waals surface area contributed by atoms with Crippen LogP contribution >= 0.6 is 12.4 Å². The van der Waals surface area contributed by atoms with Crippen LogP contribution in [0.4, 0.5) is 5.69 Å². The predicted molar refractivity (Wildman–Crippen MR) is 81.1 cm³/mol. The third-order valence-corrected chi connectivity index (χ3v) is 3.21. The number of amides is 2. The van der Waals surface area contributed by atoms with E-state index in [1.807, 2.05) is 4.90 Å². The number of nitrogens with zero attached hydrogens (tertiary/aromatic N) is 1. The first-order chi connectivity index (χ1) is 9.08. The third-order valence-electron chi connectivity index (χ3n) is 3.21. The molecule has 3 N–H and O–H groups in total. The van der Waals surface area contributed by atoms with Crippen LogP contribution in [0.15, 0.2) is 24.3 Å². The highest BCUT2D eigenvalue weighted by molar-refractivity contribution is 5.97. The van der Waals surface area contributed by atoms with Crippen LogP contribution in [-0.2, 0) is 4.79 Å². The van der Waals surface area contributed by atoms with Gasteiger partial charge in [-0.25, -0.2) is 0 Å². The van der Waals surface area contributed by atoms with E-state index >= 15 is 0 Å². The van der Waals surface area contributed by atoms with Gasteiger partial charge in [-0.1, -0.05) is 0 Å². The van der Waals surface area contributed by atoms with Gasteiger partial charge in [0.05, 0.1) is 6.04 Å². The number of carbonyl (C=O) groups is 2. The standard InChI is InChI=1S/C14H19N3O2.ClH/c1-10(15)13(18)16-12-6-4-11(5-7-12)14(19)17-8-2-3-9-17;/h4-7,10H,2-3,8-9,15H2,1H3,(H,16,18);1H. The Morgan fingerprint density at radius 2 is 1.75 bits per heavy atom. The predicted octanol–water partition coefficient (Wildman–Crippen LogP) is 1.63. The summed E-state index contributed by atoms with van der Waals surface area (Å²) in [4.78, 5) is 25.4. The van der Waals surface area contributed by atoms with Gasteiger partial charge < -0.3 is 16.0 Å². The molecule has 1 aliphatic rings. The van der Waals surface area contributed by atoms with E-state index in [1.54, 1.807) is 31.2 Å². The summed E-state index contributed by atoms with van der Waals surface area (Å²) in [5, 5.41) is 2.69. The monoisotopic (exact) mass is 297 g/mol. The summed E-state index contributed by atoms with van der Waals surface area (Å²) < 4.78 is 0. The van der Waals surface area contributed by atoms with Crippen molar-refractivity contribution in [1.29, 1.82) is 0 Å². The van der Waals surface area contributed by atoms with E-state index in [4.69, 9.17) is 5.73 Å². The number of halogens is 1. The fourth-order valence-electron chi connectivity index (χ4n) is 2.06. The maximum Gasteiger partial charge on any atom is 0.253 e. The van der Waals surface area contributed by atoms with Crippen LogP contribution in [0, 0.1) is 0 Å². The highest BCUT2D eigenvalue weighted by Crippen LogP contribution is 2.15. The van der Waals surface area contributed by atoms with E-state index in [0.717, 1.165) is 25.9 Å². The summed E-state index contributed by atoms with van der Waals surface area (Å²) in [6.07, 6.45) is 2.16. The number of likely N-dealkylation sites (tertiary alicyclic amines) is 1. The molecule has 6 heteroatoms. The molecule has 1 unspecified atom stereocenters. The van der Waals surface area contributed by atoms with Gasteiger partial charge in [-0.2, -0.15) is 0 Å². The van der Waals surface area contributed by atoms with Gasteiger partial charge in [0.1, 0.15) is 0 Å². The van der Waals surface area contributed by atoms with Gasteiger partial charge in [0.15, 0.2) is 0 Å². The minimum absolute atomic E-state index is 0. The molecular formula is C14H20ClN3O2. The van der Waals surface area contributed by atoms with Gasteiger partial charge >= 0.3 is 0 Å². The van der Waals surface area contributed by atoms with Crippen molar-refractivity contribution in [1.82, 2.24) is 4.90 Å². The van der Waals surface area contributed by atoms with Crippen molar-refractivity contribution < 1.29 is 9.59 Å². The minimum Gasteiger partial charge on any atom is -0.339 e. The summed E-state index contributed by atoms with van der Waals surface area (Å²) >= 11 is 0. The lowest BCUT2D eigenvalue weighted by molar-refractivity contribution is -0.117. The second kappa shape index (κ2) is 7.26. The smallest absolute Gasteiger partial charge is 0.253 e. The number of hydrogen-bond acceptors (Lipinski definition) is 3. The van der Waals surface area contributed by atoms with Gasteiger partial charge in [-0.05, 0) is 44.0 Å². The first-order valence-electron chi connectivity index (χ1n) is 6.54. The maximum absolute atomic E-state index is 12.1. The zero-order valence-electron chi connectivity index (χ0n) is 11.5. The SMILES string of the molecule is CC(N)C(=O)Nc1ccc(C(=O)N2CCCC2)cc1.Cl. The summed E-state index contributed by atoms with van der Waals surface area (Å²) in [7, 11) is 0. The molecule has 1 atom stereocenters. The molecule has 110 valence electrons. The molecule has 20 heavy (non-hydrogen) atoms. The van der Waals surface area contributed by atoms with Crippen LogP contribution < -0.4 is 11.1 Å². The van der Waals surface area contributed by atoms with Crippen LogP contribution in [0.2, 0.25) is 0 Å². The number of hydrogen-bond donors (Lipinski definition) is 2. The Labute approximate surface area is 124 Å². The van der Waals surface area contributed by atoms with Gasteiger partial charge in [0.2, 0.25) is 5.91 Å². The van der Waals surface area contributed by atoms with E-state index in [0.29, 0.717) is 11.3 Å². The zero-order valence-corrected chi connectivity index (χ0v) is 12.3. The topological polar surface area (TPSA) is 75.4 Å². The van der Waals surface area contributed by atoms with Crippen LogP contribution in [0.25, 0.3) is 0 Å². The Morgan fingerprint density at radius 3 is 2.25 bits per heavy atom. The van der Waals surface area contributed by atoms with Crippen molar-refractivity contribution in [2.45, 2.75) is 25.8 Å². The number of nitrogens with two attached hydrogens (primary N) is 1. The molecule has 1 saturated heterocycles. The summed E-state index contributed by atoms with van der Waals surface area (Å²) in [5.41, 5.74) is 6.78. The molecule has 0 bridgehead atoms. The molecule has 0 saturated carbocycles. The van der Waals surface area contributed by atoms with E-state index in [-0.39, 0.29) is 24.2 Å². The van der Waals surface area contributed by atoms with Crippen LogP contribution in [0.5, 0.6) is 0 Å². The lowest BCUT2D eigenvalue weighted by atomic mass is 10.2. The molecule has 1 fully saturated rings. The van der Waals surface area contributed by atoms with Crippen molar-refractivity contribution in [3.63, 3.8) is 0 Å². The fraction of sp³-hybridized carbons (Fsp3) is 0.429. The van der Waals surface area contributed by atoms with Crippen molar-refractivity contribution in [2.75, 3.05) is 18.4 Å². The molecule has 1 aromatic carbocycles. The first-order valence-corrected chi connectivity index (χ1v) is 6.54. The van der Waals surface area contributed by atoms with Crippen LogP contribution in [0.3, 0.4) is 0 Å². The van der Waals surface area contributed by atoms with E-state index in [1.165, 1.54) is 0 Å². The second-order valence-corrected chi connectivity index (χ2v) is 4.85. The number of carbonyl (C=O) groups excluding carboxylic acids is 2. The van der Waals surface area contributed by atoms with E-state index < -0.39 is 6.04 Å². The number of benzene rings is 1. The minimum atomic E-state index is -0.550. The van der Waals surface area contributed by atoms with Gasteiger partial charge in [0, 0.05) is 24.3 Å². The normalized spacial score (nSPS) is 15.4. The van der Waals surface area contributed by atoms with E-state index in [2.05, 4.69) is 5.32 Å². The number of rotatable bonds is 3. The number of anilines is 1. The lowest BCUT2D eigenvalue weighted by Gasteiger charge is -2.15. The van der Waals surface area contributed by atoms with Crippen molar-refractivity contribution in [2.24, 2.45) is 5.73 Å². The quantitative estimate of drug-likeness (QED) is 0.890. The average Bonchev–Trinajstić information content (AvgIpc) is 2.92. The first kappa shape index (κ1) is 16.5. The molecule has 2 rings (SSSR count). The molecule has 1 aromatic rings. The molecule has 0 radical (unpaired) electrons. The van der Waals surface area contributed by atoms with Gasteiger partial charge in [-0.3, -0.25) is 9.59 Å². The third kappa shape index (κ3) is 3.95. The van der Waals surface area contributed by atoms with E-state index in [9.17, 15) is 9.59 Å². The molecule has 5 nitrogen and oxygen atoms in total. The highest BCUT2D eigenvalue weighted by Gasteiger charge is 2.19. The van der Waals surface area contributed by atoms with Gasteiger partial charge in [-0.15, -0.1) is 12.4 Å². The molecule has 0 spiro atoms. The Kier molecular flexibility index (Phi) is 5.98. The summed E-state index contributed by atoms with van der Waals surface area (Å²) in [6, 6.07) is 6.37. The Morgan fingerprint density at radius 1 is 1.20 bits per heavy atom. The highest BCUT2D eigenvalue weighted by atomic mass is 35.5. The Balaban J connectivity index is 0.00000200. The summed E-state index contributed by atoms with van der Waals surface area (Å²) in [5.74, 6) is -0.179. The Bertz CT molecular complexity index is 468. The molecule has 2 amide bonds. The summed E-state index contributed by atoms with van der Waals surface area (Å²) in [6.45, 7) is 3.30. The molecule has 0 aliphatic carbocycles. The average molecular weight is 298 g/mol. The zero-order chi connectivity index (χ0) is 13.8. The molecule has 1 heterocycles. The molecule has 0 aromatic heterocycles. The van der Waals surface area contributed by atoms with Crippen molar-refractivity contribution >= 4 is 29.9 Å². The second-order valence-electron chi connectivity index (χ2n) is 4.85. The number of nitrogens with one attached hydrogen (secondary N) is 1. The maximum atomic E-state index is 12.1. The molecular weight excluding hydrogens is 278 g/mol.